The SMILES string of the molecule is COc1ccc(Br)cc1COc1cc(F)ccc1[C@H](C)O. The summed E-state index contributed by atoms with van der Waals surface area (Å²) in [5, 5.41) is 9.70. The number of aliphatic hydroxyl groups excluding tert-OH is 1. The lowest BCUT2D eigenvalue weighted by Gasteiger charge is -2.15. The van der Waals surface area contributed by atoms with Gasteiger partial charge in [0, 0.05) is 21.7 Å². The second-order valence-electron chi connectivity index (χ2n) is 4.60. The van der Waals surface area contributed by atoms with E-state index < -0.39 is 11.9 Å². The summed E-state index contributed by atoms with van der Waals surface area (Å²) in [7, 11) is 1.58. The fourth-order valence-electron chi connectivity index (χ4n) is 1.99. The molecule has 0 unspecified atom stereocenters. The standard InChI is InChI=1S/C16H16BrFO3/c1-10(19)14-5-4-13(18)8-16(14)21-9-11-7-12(17)3-6-15(11)20-2/h3-8,10,19H,9H2,1-2H3/t10-/m0/s1. The van der Waals surface area contributed by atoms with Crippen LogP contribution in [0.3, 0.4) is 0 Å². The highest BCUT2D eigenvalue weighted by Gasteiger charge is 2.12. The maximum atomic E-state index is 13.4. The molecule has 21 heavy (non-hydrogen) atoms. The molecule has 1 atom stereocenters. The van der Waals surface area contributed by atoms with Gasteiger partial charge in [-0.15, -0.1) is 0 Å². The third kappa shape index (κ3) is 3.95. The first-order valence-corrected chi connectivity index (χ1v) is 7.23. The van der Waals surface area contributed by atoms with E-state index in [2.05, 4.69) is 15.9 Å². The first kappa shape index (κ1) is 15.8. The van der Waals surface area contributed by atoms with Gasteiger partial charge in [0.2, 0.25) is 0 Å². The topological polar surface area (TPSA) is 38.7 Å². The molecule has 3 nitrogen and oxygen atoms in total. The zero-order chi connectivity index (χ0) is 15.4. The van der Waals surface area contributed by atoms with Gasteiger partial charge in [0.25, 0.3) is 0 Å². The molecule has 0 aliphatic heterocycles. The Labute approximate surface area is 131 Å². The fraction of sp³-hybridized carbons (Fsp3) is 0.250. The van der Waals surface area contributed by atoms with Crippen molar-refractivity contribution in [2.24, 2.45) is 0 Å². The average Bonchev–Trinajstić information content (AvgIpc) is 2.45. The molecule has 0 spiro atoms. The predicted octanol–water partition coefficient (Wildman–Crippen LogP) is 4.23. The molecule has 0 fully saturated rings. The van der Waals surface area contributed by atoms with Crippen LogP contribution in [0.25, 0.3) is 0 Å². The largest absolute Gasteiger partial charge is 0.496 e. The highest BCUT2D eigenvalue weighted by molar-refractivity contribution is 9.10. The summed E-state index contributed by atoms with van der Waals surface area (Å²) in [5.41, 5.74) is 1.37. The minimum Gasteiger partial charge on any atom is -0.496 e. The first-order chi connectivity index (χ1) is 10.0. The third-order valence-electron chi connectivity index (χ3n) is 3.05. The fourth-order valence-corrected chi connectivity index (χ4v) is 2.40. The van der Waals surface area contributed by atoms with Gasteiger partial charge >= 0.3 is 0 Å². The monoisotopic (exact) mass is 354 g/mol. The van der Waals surface area contributed by atoms with Crippen LogP contribution in [0.1, 0.15) is 24.2 Å². The number of hydrogen-bond donors (Lipinski definition) is 1. The van der Waals surface area contributed by atoms with Crippen LogP contribution in [-0.4, -0.2) is 12.2 Å². The minimum absolute atomic E-state index is 0.214. The number of methoxy groups -OCH3 is 1. The predicted molar refractivity (Wildman–Crippen MR) is 82.1 cm³/mol. The highest BCUT2D eigenvalue weighted by Crippen LogP contribution is 2.29. The molecule has 0 heterocycles. The van der Waals surface area contributed by atoms with Crippen LogP contribution in [0, 0.1) is 5.82 Å². The van der Waals surface area contributed by atoms with Crippen LogP contribution in [0.4, 0.5) is 4.39 Å². The lowest BCUT2D eigenvalue weighted by Crippen LogP contribution is -2.03. The average molecular weight is 355 g/mol. The van der Waals surface area contributed by atoms with Crippen molar-refractivity contribution in [3.63, 3.8) is 0 Å². The van der Waals surface area contributed by atoms with Gasteiger partial charge in [0.05, 0.1) is 13.2 Å². The van der Waals surface area contributed by atoms with Crippen LogP contribution >= 0.6 is 15.9 Å². The molecule has 0 bridgehead atoms. The molecule has 2 rings (SSSR count). The Bertz CT molecular complexity index is 629. The Morgan fingerprint density at radius 1 is 1.19 bits per heavy atom. The minimum atomic E-state index is -0.731. The first-order valence-electron chi connectivity index (χ1n) is 6.44. The van der Waals surface area contributed by atoms with Gasteiger partial charge < -0.3 is 14.6 Å². The molecule has 2 aromatic carbocycles. The number of aliphatic hydroxyl groups is 1. The Hall–Kier alpha value is -1.59. The highest BCUT2D eigenvalue weighted by atomic mass is 79.9. The maximum absolute atomic E-state index is 13.4. The van der Waals surface area contributed by atoms with Gasteiger partial charge in [-0.1, -0.05) is 15.9 Å². The molecule has 1 N–H and O–H groups in total. The molecule has 0 aliphatic rings. The van der Waals surface area contributed by atoms with Crippen molar-refractivity contribution < 1.29 is 19.0 Å². The molecule has 0 saturated carbocycles. The van der Waals surface area contributed by atoms with Crippen molar-refractivity contribution in [3.8, 4) is 11.5 Å². The molecule has 2 aromatic rings. The van der Waals surface area contributed by atoms with Crippen LogP contribution in [0.5, 0.6) is 11.5 Å². The third-order valence-corrected chi connectivity index (χ3v) is 3.54. The van der Waals surface area contributed by atoms with E-state index in [1.807, 2.05) is 18.2 Å². The Kier molecular flexibility index (Phi) is 5.20. The van der Waals surface area contributed by atoms with Crippen LogP contribution in [0.2, 0.25) is 0 Å². The molecule has 0 aliphatic carbocycles. The number of benzene rings is 2. The summed E-state index contributed by atoms with van der Waals surface area (Å²) in [6.07, 6.45) is -0.731. The van der Waals surface area contributed by atoms with Gasteiger partial charge in [-0.25, -0.2) is 4.39 Å². The van der Waals surface area contributed by atoms with E-state index in [0.29, 0.717) is 17.1 Å². The summed E-state index contributed by atoms with van der Waals surface area (Å²) in [6.45, 7) is 1.82. The van der Waals surface area contributed by atoms with Crippen molar-refractivity contribution in [1.29, 1.82) is 0 Å². The van der Waals surface area contributed by atoms with E-state index in [4.69, 9.17) is 9.47 Å². The molecule has 5 heteroatoms. The Morgan fingerprint density at radius 3 is 2.62 bits per heavy atom. The Balaban J connectivity index is 2.24. The van der Waals surface area contributed by atoms with E-state index in [1.54, 1.807) is 14.0 Å². The number of ether oxygens (including phenoxy) is 2. The van der Waals surface area contributed by atoms with E-state index in [-0.39, 0.29) is 6.61 Å². The molecule has 112 valence electrons. The van der Waals surface area contributed by atoms with E-state index in [9.17, 15) is 9.50 Å². The molecule has 0 amide bonds. The second kappa shape index (κ2) is 6.91. The van der Waals surface area contributed by atoms with Gasteiger partial charge in [0.15, 0.2) is 0 Å². The van der Waals surface area contributed by atoms with E-state index in [1.165, 1.54) is 18.2 Å². The lowest BCUT2D eigenvalue weighted by molar-refractivity contribution is 0.189. The maximum Gasteiger partial charge on any atom is 0.128 e. The molecular formula is C16H16BrFO3. The van der Waals surface area contributed by atoms with Crippen LogP contribution in [0.15, 0.2) is 40.9 Å². The normalized spacial score (nSPS) is 12.0. The van der Waals surface area contributed by atoms with Gasteiger partial charge in [-0.2, -0.15) is 0 Å². The summed E-state index contributed by atoms with van der Waals surface area (Å²) >= 11 is 3.39. The number of halogens is 2. The van der Waals surface area contributed by atoms with E-state index >= 15 is 0 Å². The van der Waals surface area contributed by atoms with E-state index in [0.717, 1.165) is 10.0 Å². The molecule has 0 radical (unpaired) electrons. The summed E-state index contributed by atoms with van der Waals surface area (Å²) in [5.74, 6) is 0.607. The van der Waals surface area contributed by atoms with Gasteiger partial charge in [0.1, 0.15) is 23.9 Å². The number of rotatable bonds is 5. The Morgan fingerprint density at radius 2 is 1.95 bits per heavy atom. The summed E-state index contributed by atoms with van der Waals surface area (Å²) in [4.78, 5) is 0. The van der Waals surface area contributed by atoms with Crippen LogP contribution in [-0.2, 0) is 6.61 Å². The van der Waals surface area contributed by atoms with Gasteiger partial charge in [-0.3, -0.25) is 0 Å². The lowest BCUT2D eigenvalue weighted by atomic mass is 10.1. The second-order valence-corrected chi connectivity index (χ2v) is 5.52. The molecular weight excluding hydrogens is 339 g/mol. The smallest absolute Gasteiger partial charge is 0.128 e. The summed E-state index contributed by atoms with van der Waals surface area (Å²) in [6, 6.07) is 9.66. The van der Waals surface area contributed by atoms with Gasteiger partial charge in [-0.05, 0) is 37.3 Å². The number of hydrogen-bond acceptors (Lipinski definition) is 3. The van der Waals surface area contributed by atoms with Crippen molar-refractivity contribution >= 4 is 15.9 Å². The molecule has 0 aromatic heterocycles. The van der Waals surface area contributed by atoms with Crippen molar-refractivity contribution in [3.05, 3.63) is 57.8 Å². The zero-order valence-corrected chi connectivity index (χ0v) is 13.4. The van der Waals surface area contributed by atoms with Crippen molar-refractivity contribution in [1.82, 2.24) is 0 Å². The molecule has 0 saturated heterocycles. The summed E-state index contributed by atoms with van der Waals surface area (Å²) < 4.78 is 25.2. The zero-order valence-electron chi connectivity index (χ0n) is 11.8. The van der Waals surface area contributed by atoms with Crippen LogP contribution < -0.4 is 9.47 Å². The van der Waals surface area contributed by atoms with Crippen molar-refractivity contribution in [2.45, 2.75) is 19.6 Å². The van der Waals surface area contributed by atoms with Crippen molar-refractivity contribution in [2.75, 3.05) is 7.11 Å². The quantitative estimate of drug-likeness (QED) is 0.873.